The van der Waals surface area contributed by atoms with Gasteiger partial charge in [0.1, 0.15) is 5.82 Å². The van der Waals surface area contributed by atoms with Crippen molar-refractivity contribution in [2.75, 3.05) is 0 Å². The molecule has 1 aromatic heterocycles. The standard InChI is InChI=1S/C41H24FNS/c42-26-18-20-27(21-19-26)43-36-22-17-25-9-1-2-10-28(25)40(36)31-23-35-39(24-37(31)43)44-38-16-8-7-15-34(38)41(35)32-13-5-3-11-29(32)30-12-4-6-14-33(30)41/h1-24H. The second kappa shape index (κ2) is 8.72. The molecule has 1 nitrogen and oxygen atoms in total. The molecule has 0 unspecified atom stereocenters. The Hall–Kier alpha value is -5.12. The zero-order valence-corrected chi connectivity index (χ0v) is 24.4. The third-order valence-electron chi connectivity index (χ3n) is 9.71. The normalized spacial score (nSPS) is 14.1. The van der Waals surface area contributed by atoms with Gasteiger partial charge in [-0.25, -0.2) is 4.39 Å². The third kappa shape index (κ3) is 3.00. The van der Waals surface area contributed by atoms with E-state index >= 15 is 0 Å². The van der Waals surface area contributed by atoms with E-state index in [9.17, 15) is 4.39 Å². The molecule has 0 saturated carbocycles. The van der Waals surface area contributed by atoms with Crippen LogP contribution in [-0.4, -0.2) is 4.57 Å². The molecule has 8 aromatic rings. The van der Waals surface area contributed by atoms with Crippen molar-refractivity contribution in [3.05, 3.63) is 174 Å². The van der Waals surface area contributed by atoms with Gasteiger partial charge in [0.05, 0.1) is 16.4 Å². The van der Waals surface area contributed by atoms with Crippen molar-refractivity contribution >= 4 is 44.3 Å². The lowest BCUT2D eigenvalue weighted by atomic mass is 9.67. The van der Waals surface area contributed by atoms with Gasteiger partial charge in [-0.3, -0.25) is 0 Å². The Morgan fingerprint density at radius 3 is 1.93 bits per heavy atom. The number of hydrogen-bond donors (Lipinski definition) is 0. The van der Waals surface area contributed by atoms with E-state index in [0.29, 0.717) is 0 Å². The molecule has 2 aliphatic rings. The average Bonchev–Trinajstić information content (AvgIpc) is 3.55. The van der Waals surface area contributed by atoms with E-state index in [1.807, 2.05) is 23.9 Å². The summed E-state index contributed by atoms with van der Waals surface area (Å²) in [5.41, 5.74) is 10.7. The SMILES string of the molecule is Fc1ccc(-n2c3cc4c(cc3c3c5ccccc5ccc32)C2(c3ccccc3S4)c3ccccc3-c3ccccc32)cc1. The van der Waals surface area contributed by atoms with Crippen LogP contribution in [0.15, 0.2) is 155 Å². The molecule has 0 N–H and O–H groups in total. The van der Waals surface area contributed by atoms with Crippen LogP contribution in [0.4, 0.5) is 4.39 Å². The minimum absolute atomic E-state index is 0.231. The largest absolute Gasteiger partial charge is 0.309 e. The van der Waals surface area contributed by atoms with Gasteiger partial charge in [-0.05, 0) is 92.7 Å². The van der Waals surface area contributed by atoms with Crippen LogP contribution >= 0.6 is 11.8 Å². The smallest absolute Gasteiger partial charge is 0.123 e. The van der Waals surface area contributed by atoms with E-state index < -0.39 is 5.41 Å². The lowest BCUT2D eigenvalue weighted by Crippen LogP contribution is -2.31. The van der Waals surface area contributed by atoms with Gasteiger partial charge < -0.3 is 4.57 Å². The van der Waals surface area contributed by atoms with Crippen molar-refractivity contribution in [3.63, 3.8) is 0 Å². The molecule has 7 aromatic carbocycles. The minimum Gasteiger partial charge on any atom is -0.309 e. The van der Waals surface area contributed by atoms with Crippen molar-refractivity contribution in [1.82, 2.24) is 4.57 Å². The quantitative estimate of drug-likeness (QED) is 0.187. The second-order valence-electron chi connectivity index (χ2n) is 11.8. The molecule has 0 fully saturated rings. The molecule has 2 heterocycles. The van der Waals surface area contributed by atoms with E-state index in [-0.39, 0.29) is 5.82 Å². The molecule has 0 saturated heterocycles. The van der Waals surface area contributed by atoms with Gasteiger partial charge in [-0.15, -0.1) is 0 Å². The summed E-state index contributed by atoms with van der Waals surface area (Å²) in [7, 11) is 0. The lowest BCUT2D eigenvalue weighted by molar-refractivity contribution is 0.627. The van der Waals surface area contributed by atoms with Crippen LogP contribution in [0.25, 0.3) is 49.4 Å². The molecule has 10 rings (SSSR count). The molecule has 0 atom stereocenters. The van der Waals surface area contributed by atoms with Gasteiger partial charge in [0.2, 0.25) is 0 Å². The Labute approximate surface area is 258 Å². The number of fused-ring (bicyclic) bond motifs is 14. The molecule has 44 heavy (non-hydrogen) atoms. The third-order valence-corrected chi connectivity index (χ3v) is 10.8. The fourth-order valence-corrected chi connectivity index (χ4v) is 9.21. The number of benzene rings is 7. The monoisotopic (exact) mass is 581 g/mol. The van der Waals surface area contributed by atoms with E-state index in [0.717, 1.165) is 16.7 Å². The van der Waals surface area contributed by atoms with Crippen LogP contribution in [0.3, 0.4) is 0 Å². The first kappa shape index (κ1) is 24.3. The molecule has 0 amide bonds. The van der Waals surface area contributed by atoms with Crippen LogP contribution < -0.4 is 0 Å². The van der Waals surface area contributed by atoms with Crippen molar-refractivity contribution < 1.29 is 4.39 Å². The van der Waals surface area contributed by atoms with E-state index in [4.69, 9.17) is 0 Å². The predicted octanol–water partition coefficient (Wildman–Crippen LogP) is 10.9. The number of aromatic nitrogens is 1. The second-order valence-corrected chi connectivity index (χ2v) is 12.9. The first-order valence-electron chi connectivity index (χ1n) is 15.0. The Morgan fingerprint density at radius 2 is 1.16 bits per heavy atom. The fourth-order valence-electron chi connectivity index (χ4n) is 8.00. The molecule has 1 aliphatic carbocycles. The van der Waals surface area contributed by atoms with Crippen LogP contribution in [0.5, 0.6) is 0 Å². The van der Waals surface area contributed by atoms with Crippen LogP contribution in [-0.2, 0) is 5.41 Å². The summed E-state index contributed by atoms with van der Waals surface area (Å²) in [4.78, 5) is 2.53. The number of halogens is 1. The highest BCUT2D eigenvalue weighted by Gasteiger charge is 2.50. The Bertz CT molecular complexity index is 2440. The Kier molecular flexibility index (Phi) is 4.82. The molecule has 1 spiro atoms. The topological polar surface area (TPSA) is 4.93 Å². The molecule has 206 valence electrons. The number of hydrogen-bond acceptors (Lipinski definition) is 1. The van der Waals surface area contributed by atoms with Gasteiger partial charge in [-0.1, -0.05) is 109 Å². The minimum atomic E-state index is -0.437. The van der Waals surface area contributed by atoms with Gasteiger partial charge in [-0.2, -0.15) is 0 Å². The van der Waals surface area contributed by atoms with Crippen molar-refractivity contribution in [2.45, 2.75) is 15.2 Å². The molecular formula is C41H24FNS. The summed E-state index contributed by atoms with van der Waals surface area (Å²) in [5.74, 6) is -0.231. The Morgan fingerprint density at radius 1 is 0.500 bits per heavy atom. The van der Waals surface area contributed by atoms with Crippen molar-refractivity contribution in [3.8, 4) is 16.8 Å². The summed E-state index contributed by atoms with van der Waals surface area (Å²) in [6.07, 6.45) is 0. The number of nitrogens with zero attached hydrogens (tertiary/aromatic N) is 1. The van der Waals surface area contributed by atoms with Gasteiger partial charge in [0.25, 0.3) is 0 Å². The van der Waals surface area contributed by atoms with Crippen LogP contribution in [0.2, 0.25) is 0 Å². The zero-order chi connectivity index (χ0) is 29.0. The lowest BCUT2D eigenvalue weighted by Gasteiger charge is -2.39. The molecule has 0 bridgehead atoms. The van der Waals surface area contributed by atoms with E-state index in [2.05, 4.69) is 126 Å². The molecule has 0 radical (unpaired) electrons. The van der Waals surface area contributed by atoms with Gasteiger partial charge in [0.15, 0.2) is 0 Å². The van der Waals surface area contributed by atoms with Crippen molar-refractivity contribution in [2.24, 2.45) is 0 Å². The van der Waals surface area contributed by atoms with Gasteiger partial charge >= 0.3 is 0 Å². The summed E-state index contributed by atoms with van der Waals surface area (Å²) >= 11 is 1.85. The van der Waals surface area contributed by atoms with E-state index in [1.54, 1.807) is 12.1 Å². The van der Waals surface area contributed by atoms with E-state index in [1.165, 1.54) is 64.7 Å². The summed E-state index contributed by atoms with van der Waals surface area (Å²) in [6.45, 7) is 0. The zero-order valence-electron chi connectivity index (χ0n) is 23.6. The summed E-state index contributed by atoms with van der Waals surface area (Å²) < 4.78 is 16.4. The van der Waals surface area contributed by atoms with Gasteiger partial charge in [0, 0.05) is 26.3 Å². The first-order chi connectivity index (χ1) is 21.7. The highest BCUT2D eigenvalue weighted by molar-refractivity contribution is 7.99. The predicted molar refractivity (Wildman–Crippen MR) is 180 cm³/mol. The maximum Gasteiger partial charge on any atom is 0.123 e. The molecule has 1 aliphatic heterocycles. The Balaban J connectivity index is 1.42. The summed E-state index contributed by atoms with van der Waals surface area (Å²) in [5, 5.41) is 4.87. The average molecular weight is 582 g/mol. The highest BCUT2D eigenvalue weighted by Crippen LogP contribution is 2.62. The number of rotatable bonds is 1. The van der Waals surface area contributed by atoms with Crippen LogP contribution in [0.1, 0.15) is 22.3 Å². The van der Waals surface area contributed by atoms with Crippen LogP contribution in [0, 0.1) is 5.82 Å². The maximum atomic E-state index is 14.1. The molecule has 3 heteroatoms. The maximum absolute atomic E-state index is 14.1. The molecular weight excluding hydrogens is 558 g/mol. The first-order valence-corrected chi connectivity index (χ1v) is 15.8. The van der Waals surface area contributed by atoms with Crippen molar-refractivity contribution in [1.29, 1.82) is 0 Å². The highest BCUT2D eigenvalue weighted by atomic mass is 32.2. The summed E-state index contributed by atoms with van der Waals surface area (Å²) in [6, 6.07) is 51.6. The fraction of sp³-hybridized carbons (Fsp3) is 0.0244.